The molecule has 2 heterocycles. The Morgan fingerprint density at radius 1 is 1.33 bits per heavy atom. The van der Waals surface area contributed by atoms with Crippen molar-refractivity contribution in [2.24, 2.45) is 0 Å². The molecular formula is C19H20N4O2S2. The molecule has 140 valence electrons. The third-order valence-corrected chi connectivity index (χ3v) is 5.59. The fraction of sp³-hybridized carbons (Fsp3) is 0.211. The summed E-state index contributed by atoms with van der Waals surface area (Å²) >= 11 is 2.99. The van der Waals surface area contributed by atoms with Gasteiger partial charge >= 0.3 is 0 Å². The van der Waals surface area contributed by atoms with Gasteiger partial charge in [0.1, 0.15) is 5.75 Å². The number of nitrogens with zero attached hydrogens (tertiary/aromatic N) is 3. The third kappa shape index (κ3) is 4.99. The quantitative estimate of drug-likeness (QED) is 0.439. The van der Waals surface area contributed by atoms with Crippen molar-refractivity contribution in [3.05, 3.63) is 59.3 Å². The van der Waals surface area contributed by atoms with E-state index in [4.69, 9.17) is 4.74 Å². The van der Waals surface area contributed by atoms with E-state index in [0.717, 1.165) is 22.0 Å². The summed E-state index contributed by atoms with van der Waals surface area (Å²) in [5, 5.41) is 14.2. The first-order chi connectivity index (χ1) is 13.2. The molecule has 0 aliphatic heterocycles. The van der Waals surface area contributed by atoms with Gasteiger partial charge in [-0.1, -0.05) is 23.9 Å². The highest BCUT2D eigenvalue weighted by Crippen LogP contribution is 2.25. The van der Waals surface area contributed by atoms with Crippen LogP contribution in [0, 0.1) is 0 Å². The Kier molecular flexibility index (Phi) is 6.67. The summed E-state index contributed by atoms with van der Waals surface area (Å²) in [6, 6.07) is 11.6. The fourth-order valence-electron chi connectivity index (χ4n) is 2.42. The van der Waals surface area contributed by atoms with E-state index in [1.165, 1.54) is 11.8 Å². The van der Waals surface area contributed by atoms with Crippen LogP contribution in [0.4, 0.5) is 0 Å². The van der Waals surface area contributed by atoms with Crippen molar-refractivity contribution < 1.29 is 9.53 Å². The van der Waals surface area contributed by atoms with Crippen molar-refractivity contribution in [1.82, 2.24) is 20.1 Å². The second-order valence-corrected chi connectivity index (χ2v) is 7.55. The SMILES string of the molecule is C=CCn1c(SCC(=O)NCc2cccs2)nnc1-c1ccc(OC)cc1. The molecule has 8 heteroatoms. The van der Waals surface area contributed by atoms with Crippen molar-refractivity contribution in [2.45, 2.75) is 18.2 Å². The third-order valence-electron chi connectivity index (χ3n) is 3.75. The van der Waals surface area contributed by atoms with Crippen LogP contribution in [0.15, 0.2) is 59.6 Å². The topological polar surface area (TPSA) is 69.0 Å². The normalized spacial score (nSPS) is 10.6. The zero-order chi connectivity index (χ0) is 19.1. The van der Waals surface area contributed by atoms with E-state index in [9.17, 15) is 4.79 Å². The second kappa shape index (κ2) is 9.38. The fourth-order valence-corrected chi connectivity index (χ4v) is 3.85. The first-order valence-corrected chi connectivity index (χ1v) is 10.2. The number of hydrogen-bond acceptors (Lipinski definition) is 6. The molecule has 27 heavy (non-hydrogen) atoms. The Bertz CT molecular complexity index is 889. The molecule has 2 aromatic heterocycles. The van der Waals surface area contributed by atoms with Gasteiger partial charge in [-0.05, 0) is 35.7 Å². The molecule has 0 unspecified atom stereocenters. The zero-order valence-electron chi connectivity index (χ0n) is 14.9. The number of allylic oxidation sites excluding steroid dienone is 1. The highest BCUT2D eigenvalue weighted by molar-refractivity contribution is 7.99. The van der Waals surface area contributed by atoms with E-state index < -0.39 is 0 Å². The molecular weight excluding hydrogens is 380 g/mol. The van der Waals surface area contributed by atoms with Crippen LogP contribution < -0.4 is 10.1 Å². The van der Waals surface area contributed by atoms with Gasteiger partial charge in [-0.25, -0.2) is 0 Å². The summed E-state index contributed by atoms with van der Waals surface area (Å²) in [5.74, 6) is 1.76. The minimum Gasteiger partial charge on any atom is -0.497 e. The number of ether oxygens (including phenoxy) is 1. The molecule has 0 saturated heterocycles. The van der Waals surface area contributed by atoms with Gasteiger partial charge in [-0.15, -0.1) is 28.1 Å². The number of nitrogens with one attached hydrogen (secondary N) is 1. The van der Waals surface area contributed by atoms with Crippen LogP contribution >= 0.6 is 23.1 Å². The minimum absolute atomic E-state index is 0.0347. The minimum atomic E-state index is -0.0347. The summed E-state index contributed by atoms with van der Waals surface area (Å²) in [6.45, 7) is 4.92. The Hall–Kier alpha value is -2.58. The van der Waals surface area contributed by atoms with Crippen molar-refractivity contribution in [1.29, 1.82) is 0 Å². The Morgan fingerprint density at radius 2 is 2.15 bits per heavy atom. The lowest BCUT2D eigenvalue weighted by molar-refractivity contribution is -0.118. The Morgan fingerprint density at radius 3 is 2.81 bits per heavy atom. The highest BCUT2D eigenvalue weighted by Gasteiger charge is 2.15. The van der Waals surface area contributed by atoms with Crippen molar-refractivity contribution in [3.63, 3.8) is 0 Å². The van der Waals surface area contributed by atoms with Gasteiger partial charge < -0.3 is 10.1 Å². The molecule has 6 nitrogen and oxygen atoms in total. The Balaban J connectivity index is 1.66. The number of carbonyl (C=O) groups excluding carboxylic acids is 1. The highest BCUT2D eigenvalue weighted by atomic mass is 32.2. The maximum atomic E-state index is 12.1. The number of amides is 1. The first-order valence-electron chi connectivity index (χ1n) is 8.31. The lowest BCUT2D eigenvalue weighted by atomic mass is 10.2. The predicted octanol–water partition coefficient (Wildman–Crippen LogP) is 3.61. The van der Waals surface area contributed by atoms with E-state index in [1.807, 2.05) is 46.3 Å². The van der Waals surface area contributed by atoms with Crippen molar-refractivity contribution in [3.8, 4) is 17.1 Å². The summed E-state index contributed by atoms with van der Waals surface area (Å²) in [6.07, 6.45) is 1.79. The van der Waals surface area contributed by atoms with Gasteiger partial charge in [-0.3, -0.25) is 9.36 Å². The molecule has 0 saturated carbocycles. The molecule has 1 aromatic carbocycles. The van der Waals surface area contributed by atoms with E-state index in [0.29, 0.717) is 18.2 Å². The number of rotatable bonds is 9. The zero-order valence-corrected chi connectivity index (χ0v) is 16.6. The van der Waals surface area contributed by atoms with Gasteiger partial charge in [-0.2, -0.15) is 0 Å². The lowest BCUT2D eigenvalue weighted by Crippen LogP contribution is -2.24. The molecule has 1 N–H and O–H groups in total. The van der Waals surface area contributed by atoms with Crippen LogP contribution in [0.3, 0.4) is 0 Å². The maximum Gasteiger partial charge on any atom is 0.230 e. The van der Waals surface area contributed by atoms with Crippen LogP contribution in [-0.2, 0) is 17.9 Å². The number of thioether (sulfide) groups is 1. The second-order valence-electron chi connectivity index (χ2n) is 5.58. The number of carbonyl (C=O) groups is 1. The van der Waals surface area contributed by atoms with Gasteiger partial charge in [0, 0.05) is 17.0 Å². The van der Waals surface area contributed by atoms with Gasteiger partial charge in [0.05, 0.1) is 19.4 Å². The van der Waals surface area contributed by atoms with Gasteiger partial charge in [0.15, 0.2) is 11.0 Å². The average molecular weight is 401 g/mol. The lowest BCUT2D eigenvalue weighted by Gasteiger charge is -2.08. The molecule has 0 aliphatic rings. The van der Waals surface area contributed by atoms with E-state index in [2.05, 4.69) is 22.1 Å². The molecule has 3 aromatic rings. The number of thiophene rings is 1. The van der Waals surface area contributed by atoms with E-state index in [1.54, 1.807) is 24.5 Å². The van der Waals surface area contributed by atoms with Crippen LogP contribution in [0.5, 0.6) is 5.75 Å². The predicted molar refractivity (Wildman–Crippen MR) is 109 cm³/mol. The summed E-state index contributed by atoms with van der Waals surface area (Å²) in [7, 11) is 1.63. The number of aromatic nitrogens is 3. The van der Waals surface area contributed by atoms with Crippen LogP contribution in [0.25, 0.3) is 11.4 Å². The summed E-state index contributed by atoms with van der Waals surface area (Å²) in [5.41, 5.74) is 0.930. The standard InChI is InChI=1S/C19H20N4O2S2/c1-3-10-23-18(14-6-8-15(25-2)9-7-14)21-22-19(23)27-13-17(24)20-12-16-5-4-11-26-16/h3-9,11H,1,10,12-13H2,2H3,(H,20,24). The van der Waals surface area contributed by atoms with E-state index in [-0.39, 0.29) is 11.7 Å². The van der Waals surface area contributed by atoms with Crippen LogP contribution in [0.2, 0.25) is 0 Å². The number of hydrogen-bond donors (Lipinski definition) is 1. The molecule has 0 atom stereocenters. The largest absolute Gasteiger partial charge is 0.497 e. The summed E-state index contributed by atoms with van der Waals surface area (Å²) < 4.78 is 7.15. The number of methoxy groups -OCH3 is 1. The van der Waals surface area contributed by atoms with Gasteiger partial charge in [0.25, 0.3) is 0 Å². The van der Waals surface area contributed by atoms with Gasteiger partial charge in [0.2, 0.25) is 5.91 Å². The monoisotopic (exact) mass is 400 g/mol. The van der Waals surface area contributed by atoms with Crippen LogP contribution in [-0.4, -0.2) is 33.5 Å². The molecule has 1 amide bonds. The van der Waals surface area contributed by atoms with Crippen molar-refractivity contribution in [2.75, 3.05) is 12.9 Å². The van der Waals surface area contributed by atoms with Crippen molar-refractivity contribution >= 4 is 29.0 Å². The maximum absolute atomic E-state index is 12.1. The smallest absolute Gasteiger partial charge is 0.230 e. The molecule has 3 rings (SSSR count). The Labute approximate surface area is 166 Å². The number of benzene rings is 1. The average Bonchev–Trinajstić information content (AvgIpc) is 3.35. The molecule has 0 aliphatic carbocycles. The molecule has 0 bridgehead atoms. The van der Waals surface area contributed by atoms with E-state index >= 15 is 0 Å². The molecule has 0 spiro atoms. The molecule has 0 radical (unpaired) electrons. The molecule has 0 fully saturated rings. The summed E-state index contributed by atoms with van der Waals surface area (Å²) in [4.78, 5) is 13.2. The van der Waals surface area contributed by atoms with Crippen LogP contribution in [0.1, 0.15) is 4.88 Å². The first kappa shape index (κ1) is 19.2.